The molecular weight excluding hydrogens is 322 g/mol. The maximum atomic E-state index is 12.0. The molecule has 0 heterocycles. The number of alkyl carbamates (subject to hydrolysis) is 1. The number of hydrogen-bond donors (Lipinski definition) is 1. The molecule has 2 aromatic rings. The van der Waals surface area contributed by atoms with Crippen LogP contribution in [0.1, 0.15) is 11.1 Å². The van der Waals surface area contributed by atoms with Gasteiger partial charge in [-0.05, 0) is 23.3 Å². The van der Waals surface area contributed by atoms with Gasteiger partial charge in [0.2, 0.25) is 0 Å². The Hall–Kier alpha value is -3.02. The maximum Gasteiger partial charge on any atom is 0.408 e. The van der Waals surface area contributed by atoms with Gasteiger partial charge < -0.3 is 19.5 Å². The van der Waals surface area contributed by atoms with Crippen molar-refractivity contribution in [2.45, 2.75) is 19.1 Å². The quantitative estimate of drug-likeness (QED) is 0.783. The summed E-state index contributed by atoms with van der Waals surface area (Å²) in [5.41, 5.74) is 1.72. The molecule has 1 amide bonds. The average molecular weight is 343 g/mol. The summed E-state index contributed by atoms with van der Waals surface area (Å²) in [4.78, 5) is 23.9. The summed E-state index contributed by atoms with van der Waals surface area (Å²) in [6.07, 6.45) is -0.385. The van der Waals surface area contributed by atoms with E-state index in [-0.39, 0.29) is 13.0 Å². The fourth-order valence-electron chi connectivity index (χ4n) is 2.24. The first kappa shape index (κ1) is 18.3. The van der Waals surface area contributed by atoms with Crippen LogP contribution in [0.15, 0.2) is 54.6 Å². The molecule has 0 aromatic heterocycles. The monoisotopic (exact) mass is 343 g/mol. The Morgan fingerprint density at radius 1 is 0.960 bits per heavy atom. The van der Waals surface area contributed by atoms with E-state index in [2.05, 4.69) is 5.32 Å². The number of amides is 1. The van der Waals surface area contributed by atoms with Crippen LogP contribution in [-0.4, -0.2) is 32.3 Å². The summed E-state index contributed by atoms with van der Waals surface area (Å²) in [6.45, 7) is 0.128. The molecule has 6 heteroatoms. The Labute approximate surface area is 146 Å². The molecule has 0 fully saturated rings. The molecule has 0 spiro atoms. The standard InChI is InChI=1S/C19H21NO5/c1-23-16-10-8-14(9-11-16)12-17(18(21)24-2)20-19(22)25-13-15-6-4-3-5-7-15/h3-11,17H,12-13H2,1-2H3,(H,20,22)/t17-/m1/s1. The number of methoxy groups -OCH3 is 2. The van der Waals surface area contributed by atoms with Gasteiger partial charge in [-0.2, -0.15) is 0 Å². The summed E-state index contributed by atoms with van der Waals surface area (Å²) in [5, 5.41) is 2.55. The first-order valence-electron chi connectivity index (χ1n) is 7.80. The highest BCUT2D eigenvalue weighted by atomic mass is 16.6. The van der Waals surface area contributed by atoms with Crippen LogP contribution in [-0.2, 0) is 27.3 Å². The van der Waals surface area contributed by atoms with E-state index in [1.807, 2.05) is 42.5 Å². The number of esters is 1. The van der Waals surface area contributed by atoms with E-state index in [0.29, 0.717) is 5.75 Å². The van der Waals surface area contributed by atoms with Crippen molar-refractivity contribution in [2.75, 3.05) is 14.2 Å². The lowest BCUT2D eigenvalue weighted by Crippen LogP contribution is -2.43. The molecule has 1 N–H and O–H groups in total. The molecule has 6 nitrogen and oxygen atoms in total. The minimum Gasteiger partial charge on any atom is -0.497 e. The minimum absolute atomic E-state index is 0.128. The van der Waals surface area contributed by atoms with Crippen LogP contribution in [0.25, 0.3) is 0 Å². The summed E-state index contributed by atoms with van der Waals surface area (Å²) in [5.74, 6) is 0.182. The number of carbonyl (C=O) groups is 2. The molecule has 0 unspecified atom stereocenters. The van der Waals surface area contributed by atoms with E-state index in [0.717, 1.165) is 11.1 Å². The number of nitrogens with one attached hydrogen (secondary N) is 1. The molecule has 0 aliphatic rings. The fourth-order valence-corrected chi connectivity index (χ4v) is 2.24. The molecule has 132 valence electrons. The maximum absolute atomic E-state index is 12.0. The highest BCUT2D eigenvalue weighted by Crippen LogP contribution is 2.13. The summed E-state index contributed by atoms with van der Waals surface area (Å²) in [7, 11) is 2.86. The second kappa shape index (κ2) is 9.32. The van der Waals surface area contributed by atoms with Crippen molar-refractivity contribution < 1.29 is 23.8 Å². The van der Waals surface area contributed by atoms with Crippen molar-refractivity contribution in [3.63, 3.8) is 0 Å². The molecule has 1 atom stereocenters. The van der Waals surface area contributed by atoms with Crippen LogP contribution in [0.5, 0.6) is 5.75 Å². The zero-order valence-electron chi connectivity index (χ0n) is 14.2. The molecule has 2 rings (SSSR count). The van der Waals surface area contributed by atoms with E-state index < -0.39 is 18.1 Å². The van der Waals surface area contributed by atoms with Gasteiger partial charge in [0.15, 0.2) is 0 Å². The molecule has 0 radical (unpaired) electrons. The van der Waals surface area contributed by atoms with Gasteiger partial charge in [0.05, 0.1) is 14.2 Å². The molecule has 0 saturated carbocycles. The van der Waals surface area contributed by atoms with E-state index in [1.54, 1.807) is 19.2 Å². The van der Waals surface area contributed by atoms with Crippen molar-refractivity contribution in [3.8, 4) is 5.75 Å². The van der Waals surface area contributed by atoms with E-state index in [9.17, 15) is 9.59 Å². The predicted molar refractivity (Wildman–Crippen MR) is 92.3 cm³/mol. The second-order valence-corrected chi connectivity index (χ2v) is 5.33. The highest BCUT2D eigenvalue weighted by molar-refractivity contribution is 5.81. The van der Waals surface area contributed by atoms with Gasteiger partial charge in [0.25, 0.3) is 0 Å². The summed E-state index contributed by atoms with van der Waals surface area (Å²) < 4.78 is 15.0. The molecule has 0 aliphatic carbocycles. The number of rotatable bonds is 7. The van der Waals surface area contributed by atoms with Gasteiger partial charge in [0.1, 0.15) is 18.4 Å². The second-order valence-electron chi connectivity index (χ2n) is 5.33. The largest absolute Gasteiger partial charge is 0.497 e. The lowest BCUT2D eigenvalue weighted by atomic mass is 10.1. The number of hydrogen-bond acceptors (Lipinski definition) is 5. The van der Waals surface area contributed by atoms with E-state index in [4.69, 9.17) is 14.2 Å². The van der Waals surface area contributed by atoms with Crippen molar-refractivity contribution in [3.05, 3.63) is 65.7 Å². The third-order valence-electron chi connectivity index (χ3n) is 3.59. The first-order chi connectivity index (χ1) is 12.1. The lowest BCUT2D eigenvalue weighted by molar-refractivity contribution is -0.143. The van der Waals surface area contributed by atoms with Crippen LogP contribution >= 0.6 is 0 Å². The smallest absolute Gasteiger partial charge is 0.408 e. The van der Waals surface area contributed by atoms with Crippen LogP contribution in [0.3, 0.4) is 0 Å². The van der Waals surface area contributed by atoms with Crippen LogP contribution in [0.4, 0.5) is 4.79 Å². The van der Waals surface area contributed by atoms with Gasteiger partial charge in [-0.15, -0.1) is 0 Å². The van der Waals surface area contributed by atoms with Crippen molar-refractivity contribution >= 4 is 12.1 Å². The molecule has 25 heavy (non-hydrogen) atoms. The summed E-state index contributed by atoms with van der Waals surface area (Å²) in [6, 6.07) is 15.7. The normalized spacial score (nSPS) is 11.3. The predicted octanol–water partition coefficient (Wildman–Crippen LogP) is 2.71. The highest BCUT2D eigenvalue weighted by Gasteiger charge is 2.22. The average Bonchev–Trinajstić information content (AvgIpc) is 2.66. The first-order valence-corrected chi connectivity index (χ1v) is 7.80. The van der Waals surface area contributed by atoms with Crippen molar-refractivity contribution in [1.29, 1.82) is 0 Å². The third-order valence-corrected chi connectivity index (χ3v) is 3.59. The fraction of sp³-hybridized carbons (Fsp3) is 0.263. The van der Waals surface area contributed by atoms with Gasteiger partial charge in [0, 0.05) is 6.42 Å². The SMILES string of the molecule is COC(=O)[C@@H](Cc1ccc(OC)cc1)NC(=O)OCc1ccccc1. The number of ether oxygens (including phenoxy) is 3. The number of benzene rings is 2. The van der Waals surface area contributed by atoms with Crippen molar-refractivity contribution in [1.82, 2.24) is 5.32 Å². The number of carbonyl (C=O) groups excluding carboxylic acids is 2. The Morgan fingerprint density at radius 3 is 2.24 bits per heavy atom. The molecular formula is C19H21NO5. The molecule has 0 saturated heterocycles. The van der Waals surface area contributed by atoms with Crippen LogP contribution in [0, 0.1) is 0 Å². The van der Waals surface area contributed by atoms with Gasteiger partial charge >= 0.3 is 12.1 Å². The van der Waals surface area contributed by atoms with Crippen molar-refractivity contribution in [2.24, 2.45) is 0 Å². The lowest BCUT2D eigenvalue weighted by Gasteiger charge is -2.16. The Bertz CT molecular complexity index is 685. The van der Waals surface area contributed by atoms with Crippen LogP contribution in [0.2, 0.25) is 0 Å². The topological polar surface area (TPSA) is 73.9 Å². The van der Waals surface area contributed by atoms with Gasteiger partial charge in [-0.25, -0.2) is 9.59 Å². The minimum atomic E-state index is -0.832. The Morgan fingerprint density at radius 2 is 1.64 bits per heavy atom. The Balaban J connectivity index is 1.94. The molecule has 0 bridgehead atoms. The van der Waals surface area contributed by atoms with E-state index in [1.165, 1.54) is 7.11 Å². The molecule has 0 aliphatic heterocycles. The van der Waals surface area contributed by atoms with Gasteiger partial charge in [-0.1, -0.05) is 42.5 Å². The van der Waals surface area contributed by atoms with E-state index >= 15 is 0 Å². The third kappa shape index (κ3) is 5.84. The summed E-state index contributed by atoms with van der Waals surface area (Å²) >= 11 is 0. The van der Waals surface area contributed by atoms with Gasteiger partial charge in [-0.3, -0.25) is 0 Å². The Kier molecular flexibility index (Phi) is 6.83. The zero-order valence-corrected chi connectivity index (χ0v) is 14.2. The van der Waals surface area contributed by atoms with Crippen LogP contribution < -0.4 is 10.1 Å². The molecule has 2 aromatic carbocycles. The zero-order chi connectivity index (χ0) is 18.1.